The maximum absolute atomic E-state index is 14.0. The minimum absolute atomic E-state index is 0.0270. The van der Waals surface area contributed by atoms with Gasteiger partial charge in [0.15, 0.2) is 0 Å². The molecule has 0 unspecified atom stereocenters. The zero-order chi connectivity index (χ0) is 31.9. The van der Waals surface area contributed by atoms with Crippen LogP contribution in [0.4, 0.5) is 5.69 Å². The second-order valence-corrected chi connectivity index (χ2v) is 11.7. The number of imidazole rings is 1. The fourth-order valence-electron chi connectivity index (χ4n) is 5.48. The molecule has 0 aliphatic rings. The quantitative estimate of drug-likeness (QED) is 0.132. The minimum atomic E-state index is -0.431. The summed E-state index contributed by atoms with van der Waals surface area (Å²) in [5.41, 5.74) is 4.19. The molecule has 0 radical (unpaired) electrons. The molecule has 5 rings (SSSR count). The summed E-state index contributed by atoms with van der Waals surface area (Å²) in [4.78, 5) is 44.1. The van der Waals surface area contributed by atoms with Crippen LogP contribution in [0, 0.1) is 23.0 Å². The lowest BCUT2D eigenvalue weighted by Crippen LogP contribution is -2.48. The molecule has 0 aliphatic carbocycles. The van der Waals surface area contributed by atoms with Crippen molar-refractivity contribution in [2.24, 2.45) is 5.92 Å². The molecule has 0 bridgehead atoms. The van der Waals surface area contributed by atoms with Crippen molar-refractivity contribution < 1.29 is 14.5 Å². The predicted molar refractivity (Wildman–Crippen MR) is 175 cm³/mol. The van der Waals surface area contributed by atoms with Crippen molar-refractivity contribution in [3.05, 3.63) is 142 Å². The number of hydrogen-bond acceptors (Lipinski definition) is 5. The SMILES string of the molecule is Cc1ccccc1C(=O)N(Cc1cccc2ccccc12)C[C@@H](NC(=O)Cc1cncn1Cc1ccc([N+](=O)[O-])cc1)C(C)C. The molecular formula is C36H37N5O4. The second kappa shape index (κ2) is 14.0. The van der Waals surface area contributed by atoms with Crippen molar-refractivity contribution in [3.63, 3.8) is 0 Å². The molecule has 1 aromatic heterocycles. The van der Waals surface area contributed by atoms with Crippen LogP contribution >= 0.6 is 0 Å². The number of amides is 2. The molecule has 5 aromatic rings. The summed E-state index contributed by atoms with van der Waals surface area (Å²) in [5, 5.41) is 16.4. The molecule has 0 saturated carbocycles. The van der Waals surface area contributed by atoms with Crippen molar-refractivity contribution in [2.45, 2.75) is 46.3 Å². The average molecular weight is 604 g/mol. The molecule has 4 aromatic carbocycles. The van der Waals surface area contributed by atoms with E-state index in [1.807, 2.05) is 72.7 Å². The van der Waals surface area contributed by atoms with Crippen LogP contribution < -0.4 is 5.32 Å². The molecule has 2 amide bonds. The Morgan fingerprint density at radius 1 is 0.956 bits per heavy atom. The standard InChI is InChI=1S/C36H37N5O4/c1-25(2)34(38-35(42)19-31-20-37-24-40(31)21-27-15-17-30(18-16-27)41(44)45)23-39(36(43)32-13-6-4-9-26(32)3)22-29-12-8-11-28-10-5-7-14-33(28)29/h4-18,20,24-25,34H,19,21-23H2,1-3H3,(H,38,42)/t34-/m1/s1. The number of nitrogens with one attached hydrogen (secondary N) is 1. The van der Waals surface area contributed by atoms with E-state index in [1.54, 1.807) is 24.7 Å². The highest BCUT2D eigenvalue weighted by Crippen LogP contribution is 2.23. The summed E-state index contributed by atoms with van der Waals surface area (Å²) >= 11 is 0. The van der Waals surface area contributed by atoms with Crippen molar-refractivity contribution in [1.29, 1.82) is 0 Å². The average Bonchev–Trinajstić information content (AvgIpc) is 3.46. The van der Waals surface area contributed by atoms with Crippen LogP contribution in [0.3, 0.4) is 0 Å². The topological polar surface area (TPSA) is 110 Å². The highest BCUT2D eigenvalue weighted by Gasteiger charge is 2.26. The molecule has 0 spiro atoms. The maximum Gasteiger partial charge on any atom is 0.269 e. The van der Waals surface area contributed by atoms with E-state index in [0.717, 1.165) is 33.2 Å². The van der Waals surface area contributed by atoms with Gasteiger partial charge in [0.05, 0.1) is 17.7 Å². The second-order valence-electron chi connectivity index (χ2n) is 11.7. The molecule has 0 aliphatic heterocycles. The number of aryl methyl sites for hydroxylation is 1. The highest BCUT2D eigenvalue weighted by atomic mass is 16.6. The van der Waals surface area contributed by atoms with E-state index in [2.05, 4.69) is 34.6 Å². The van der Waals surface area contributed by atoms with Gasteiger partial charge < -0.3 is 14.8 Å². The van der Waals surface area contributed by atoms with Crippen molar-refractivity contribution >= 4 is 28.3 Å². The van der Waals surface area contributed by atoms with Crippen LogP contribution in [0.5, 0.6) is 0 Å². The third-order valence-electron chi connectivity index (χ3n) is 8.11. The van der Waals surface area contributed by atoms with E-state index >= 15 is 0 Å². The molecule has 45 heavy (non-hydrogen) atoms. The van der Waals surface area contributed by atoms with Gasteiger partial charge >= 0.3 is 0 Å². The summed E-state index contributed by atoms with van der Waals surface area (Å²) in [5.74, 6) is -0.201. The van der Waals surface area contributed by atoms with Crippen molar-refractivity contribution in [1.82, 2.24) is 19.8 Å². The Labute approximate surface area is 262 Å². The smallest absolute Gasteiger partial charge is 0.269 e. The van der Waals surface area contributed by atoms with Gasteiger partial charge in [-0.25, -0.2) is 4.98 Å². The third-order valence-corrected chi connectivity index (χ3v) is 8.11. The van der Waals surface area contributed by atoms with Crippen LogP contribution in [-0.4, -0.2) is 43.8 Å². The van der Waals surface area contributed by atoms with Crippen LogP contribution in [0.15, 0.2) is 104 Å². The number of nitro benzene ring substituents is 1. The fraction of sp³-hybridized carbons (Fsp3) is 0.250. The van der Waals surface area contributed by atoms with Gasteiger partial charge in [0, 0.05) is 55.3 Å². The largest absolute Gasteiger partial charge is 0.351 e. The number of carbonyl (C=O) groups excluding carboxylic acids is 2. The van der Waals surface area contributed by atoms with Gasteiger partial charge in [0.2, 0.25) is 5.91 Å². The Hall–Kier alpha value is -5.31. The summed E-state index contributed by atoms with van der Waals surface area (Å²) in [7, 11) is 0. The number of carbonyl (C=O) groups is 2. The number of rotatable bonds is 12. The molecule has 1 atom stereocenters. The van der Waals surface area contributed by atoms with Crippen molar-refractivity contribution in [3.8, 4) is 0 Å². The predicted octanol–water partition coefficient (Wildman–Crippen LogP) is 6.33. The van der Waals surface area contributed by atoms with Gasteiger partial charge in [0.25, 0.3) is 11.6 Å². The molecule has 0 saturated heterocycles. The molecule has 1 heterocycles. The van der Waals surface area contributed by atoms with Gasteiger partial charge in [-0.15, -0.1) is 0 Å². The Bertz CT molecular complexity index is 1810. The lowest BCUT2D eigenvalue weighted by atomic mass is 10.00. The summed E-state index contributed by atoms with van der Waals surface area (Å²) in [6.45, 7) is 7.18. The fourth-order valence-corrected chi connectivity index (χ4v) is 5.48. The molecule has 0 fully saturated rings. The monoisotopic (exact) mass is 603 g/mol. The Morgan fingerprint density at radius 2 is 1.67 bits per heavy atom. The van der Waals surface area contributed by atoms with Crippen LogP contribution in [0.2, 0.25) is 0 Å². The normalized spacial score (nSPS) is 11.8. The highest BCUT2D eigenvalue weighted by molar-refractivity contribution is 5.96. The van der Waals surface area contributed by atoms with Gasteiger partial charge in [0.1, 0.15) is 0 Å². The first-order valence-corrected chi connectivity index (χ1v) is 15.0. The Balaban J connectivity index is 1.34. The first kappa shape index (κ1) is 31.1. The van der Waals surface area contributed by atoms with E-state index in [-0.39, 0.29) is 35.9 Å². The number of fused-ring (bicyclic) bond motifs is 1. The molecule has 9 heteroatoms. The van der Waals surface area contributed by atoms with E-state index in [1.165, 1.54) is 12.1 Å². The maximum atomic E-state index is 14.0. The van der Waals surface area contributed by atoms with Gasteiger partial charge in [-0.05, 0) is 46.4 Å². The third kappa shape index (κ3) is 7.62. The van der Waals surface area contributed by atoms with Crippen molar-refractivity contribution in [2.75, 3.05) is 6.54 Å². The number of hydrogen-bond donors (Lipinski definition) is 1. The summed E-state index contributed by atoms with van der Waals surface area (Å²) < 4.78 is 1.86. The number of non-ortho nitro benzene ring substituents is 1. The molecule has 1 N–H and O–H groups in total. The van der Waals surface area contributed by atoms with Gasteiger partial charge in [-0.2, -0.15) is 0 Å². The summed E-state index contributed by atoms with van der Waals surface area (Å²) in [6, 6.07) is 27.9. The zero-order valence-electron chi connectivity index (χ0n) is 25.7. The van der Waals surface area contributed by atoms with Gasteiger partial charge in [-0.3, -0.25) is 19.7 Å². The number of benzene rings is 4. The lowest BCUT2D eigenvalue weighted by Gasteiger charge is -2.31. The van der Waals surface area contributed by atoms with E-state index in [4.69, 9.17) is 0 Å². The van der Waals surface area contributed by atoms with Crippen LogP contribution in [0.25, 0.3) is 10.8 Å². The number of aromatic nitrogens is 2. The molecular weight excluding hydrogens is 566 g/mol. The Morgan fingerprint density at radius 3 is 2.40 bits per heavy atom. The Kier molecular flexibility index (Phi) is 9.67. The van der Waals surface area contributed by atoms with E-state index in [0.29, 0.717) is 25.2 Å². The number of nitrogens with zero attached hydrogens (tertiary/aromatic N) is 4. The summed E-state index contributed by atoms with van der Waals surface area (Å²) in [6.07, 6.45) is 3.41. The van der Waals surface area contributed by atoms with E-state index in [9.17, 15) is 19.7 Å². The molecule has 230 valence electrons. The first-order valence-electron chi connectivity index (χ1n) is 15.0. The lowest BCUT2D eigenvalue weighted by molar-refractivity contribution is -0.384. The molecule has 9 nitrogen and oxygen atoms in total. The van der Waals surface area contributed by atoms with E-state index < -0.39 is 4.92 Å². The zero-order valence-corrected chi connectivity index (χ0v) is 25.7. The minimum Gasteiger partial charge on any atom is -0.351 e. The van der Waals surface area contributed by atoms with Crippen LogP contribution in [0.1, 0.15) is 46.6 Å². The van der Waals surface area contributed by atoms with Gasteiger partial charge in [-0.1, -0.05) is 86.6 Å². The number of nitro groups is 1. The van der Waals surface area contributed by atoms with Crippen LogP contribution in [-0.2, 0) is 24.3 Å². The first-order chi connectivity index (χ1) is 21.7.